The van der Waals surface area contributed by atoms with Gasteiger partial charge in [-0.15, -0.1) is 16.7 Å². The summed E-state index contributed by atoms with van der Waals surface area (Å²) < 4.78 is 5.00. The van der Waals surface area contributed by atoms with Crippen LogP contribution < -0.4 is 5.32 Å². The van der Waals surface area contributed by atoms with Crippen LogP contribution in [0.2, 0.25) is 0 Å². The number of hydrogen-bond donors (Lipinski definition) is 1. The first kappa shape index (κ1) is 27.3. The van der Waals surface area contributed by atoms with Crippen molar-refractivity contribution >= 4 is 47.2 Å². The number of imide groups is 1. The summed E-state index contributed by atoms with van der Waals surface area (Å²) in [5.41, 5.74) is 0. The first-order valence-electron chi connectivity index (χ1n) is 10.5. The lowest BCUT2D eigenvalue weighted by molar-refractivity contribution is -0.197. The van der Waals surface area contributed by atoms with Gasteiger partial charge in [-0.25, -0.2) is 9.59 Å². The number of hydrogen-bond acceptors (Lipinski definition) is 8. The zero-order chi connectivity index (χ0) is 23.9. The van der Waals surface area contributed by atoms with Crippen LogP contribution in [0.5, 0.6) is 0 Å². The molecule has 1 aliphatic heterocycles. The maximum Gasteiger partial charge on any atom is 0.407 e. The molecule has 1 fully saturated rings. The monoisotopic (exact) mass is 475 g/mol. The van der Waals surface area contributed by atoms with Crippen molar-refractivity contribution in [3.63, 3.8) is 0 Å². The third kappa shape index (κ3) is 11.1. The van der Waals surface area contributed by atoms with Gasteiger partial charge in [0, 0.05) is 52.2 Å². The number of unbranched alkanes of at least 4 members (excludes halogenated alkanes) is 1. The molecule has 0 saturated carbocycles. The van der Waals surface area contributed by atoms with Crippen LogP contribution in [-0.4, -0.2) is 78.2 Å². The number of alkyl halides is 1. The number of Topliss-reactive ketones (excluding diaryl/α,β-unsaturated/α-hetero) is 1. The molecule has 1 rings (SSSR count). The zero-order valence-corrected chi connectivity index (χ0v) is 19.0. The van der Waals surface area contributed by atoms with Crippen molar-refractivity contribution in [2.75, 3.05) is 32.6 Å². The minimum atomic E-state index is -0.685. The van der Waals surface area contributed by atoms with E-state index < -0.39 is 23.9 Å². The molecular weight excluding hydrogens is 446 g/mol. The first-order chi connectivity index (χ1) is 15.2. The Kier molecular flexibility index (Phi) is 13.0. The smallest absolute Gasteiger partial charge is 0.407 e. The van der Waals surface area contributed by atoms with Crippen molar-refractivity contribution in [1.29, 1.82) is 0 Å². The largest absolute Gasteiger partial charge is 0.449 e. The maximum absolute atomic E-state index is 12.1. The third-order valence-electron chi connectivity index (χ3n) is 4.57. The molecule has 0 aromatic carbocycles. The maximum atomic E-state index is 12.1. The Hall–Kier alpha value is -2.69. The minimum absolute atomic E-state index is 0.00293. The summed E-state index contributed by atoms with van der Waals surface area (Å²) in [6.45, 7) is 0.861. The molecule has 0 radical (unpaired) electrons. The van der Waals surface area contributed by atoms with E-state index in [0.29, 0.717) is 50.3 Å². The molecule has 0 spiro atoms. The second kappa shape index (κ2) is 15.2. The van der Waals surface area contributed by atoms with Gasteiger partial charge in [-0.3, -0.25) is 19.2 Å². The SMILES string of the molecule is CN(CCCOC(=O)NCCCC(=O)CCl)C(=O)CCCCC(=O)ON1C(=O)CCC1=O. The Morgan fingerprint density at radius 2 is 1.66 bits per heavy atom. The molecule has 1 N–H and O–H groups in total. The molecule has 0 bridgehead atoms. The Balaban J connectivity index is 2.05. The number of ketones is 1. The van der Waals surface area contributed by atoms with Gasteiger partial charge in [-0.2, -0.15) is 0 Å². The van der Waals surface area contributed by atoms with E-state index in [9.17, 15) is 28.8 Å². The molecule has 1 saturated heterocycles. The highest BCUT2D eigenvalue weighted by Gasteiger charge is 2.32. The lowest BCUT2D eigenvalue weighted by Crippen LogP contribution is -2.32. The van der Waals surface area contributed by atoms with Crippen molar-refractivity contribution in [2.24, 2.45) is 0 Å². The summed E-state index contributed by atoms with van der Waals surface area (Å²) in [6.07, 6.45) is 1.82. The predicted octanol–water partition coefficient (Wildman–Crippen LogP) is 1.32. The summed E-state index contributed by atoms with van der Waals surface area (Å²) in [7, 11) is 1.63. The van der Waals surface area contributed by atoms with Gasteiger partial charge < -0.3 is 19.8 Å². The molecule has 0 aliphatic carbocycles. The molecule has 4 amide bonds. The highest BCUT2D eigenvalue weighted by molar-refractivity contribution is 6.27. The molecule has 0 aromatic heterocycles. The van der Waals surface area contributed by atoms with E-state index in [2.05, 4.69) is 5.32 Å². The standard InChI is InChI=1S/C20H30ClN3O8/c1-23(12-5-13-31-20(30)22-11-4-6-15(25)14-21)16(26)7-2-3-8-19(29)32-24-17(27)9-10-18(24)28/h2-14H2,1H3,(H,22,30). The van der Waals surface area contributed by atoms with E-state index in [1.807, 2.05) is 0 Å². The van der Waals surface area contributed by atoms with Crippen LogP contribution in [-0.2, 0) is 33.5 Å². The van der Waals surface area contributed by atoms with Crippen molar-refractivity contribution in [3.05, 3.63) is 0 Å². The van der Waals surface area contributed by atoms with Crippen molar-refractivity contribution in [2.45, 2.75) is 57.8 Å². The summed E-state index contributed by atoms with van der Waals surface area (Å²) in [5.74, 6) is -1.97. The van der Waals surface area contributed by atoms with Crippen LogP contribution in [0.1, 0.15) is 57.8 Å². The topological polar surface area (TPSA) is 139 Å². The Morgan fingerprint density at radius 3 is 2.31 bits per heavy atom. The normalized spacial score (nSPS) is 13.1. The number of nitrogens with zero attached hydrogens (tertiary/aromatic N) is 2. The second-order valence-corrected chi connectivity index (χ2v) is 7.53. The molecule has 1 heterocycles. The Morgan fingerprint density at radius 1 is 1.00 bits per heavy atom. The minimum Gasteiger partial charge on any atom is -0.449 e. The fraction of sp³-hybridized carbons (Fsp3) is 0.700. The second-order valence-electron chi connectivity index (χ2n) is 7.26. The number of amides is 4. The van der Waals surface area contributed by atoms with Gasteiger partial charge in [0.25, 0.3) is 11.8 Å². The van der Waals surface area contributed by atoms with Gasteiger partial charge >= 0.3 is 12.1 Å². The molecule has 12 heteroatoms. The average molecular weight is 476 g/mol. The number of ether oxygens (including phenoxy) is 1. The number of carbonyl (C=O) groups excluding carboxylic acids is 6. The number of rotatable bonds is 15. The van der Waals surface area contributed by atoms with Crippen LogP contribution >= 0.6 is 11.6 Å². The number of hydroxylamine groups is 2. The van der Waals surface area contributed by atoms with Gasteiger partial charge in [0.15, 0.2) is 0 Å². The number of nitrogens with one attached hydrogen (secondary N) is 1. The lowest BCUT2D eigenvalue weighted by Gasteiger charge is -2.17. The van der Waals surface area contributed by atoms with Crippen LogP contribution in [0.4, 0.5) is 4.79 Å². The van der Waals surface area contributed by atoms with Crippen molar-refractivity contribution < 1.29 is 38.3 Å². The number of alkyl carbamates (subject to hydrolysis) is 1. The lowest BCUT2D eigenvalue weighted by atomic mass is 10.2. The fourth-order valence-corrected chi connectivity index (χ4v) is 2.86. The highest BCUT2D eigenvalue weighted by atomic mass is 35.5. The van der Waals surface area contributed by atoms with E-state index in [0.717, 1.165) is 0 Å². The highest BCUT2D eigenvalue weighted by Crippen LogP contribution is 2.13. The van der Waals surface area contributed by atoms with E-state index in [4.69, 9.17) is 21.2 Å². The molecular formula is C20H30ClN3O8. The summed E-state index contributed by atoms with van der Waals surface area (Å²) in [6, 6.07) is 0. The fourth-order valence-electron chi connectivity index (χ4n) is 2.73. The molecule has 0 atom stereocenters. The van der Waals surface area contributed by atoms with Crippen molar-refractivity contribution in [3.8, 4) is 0 Å². The Labute approximate surface area is 191 Å². The van der Waals surface area contributed by atoms with Gasteiger partial charge in [-0.05, 0) is 25.7 Å². The predicted molar refractivity (Wildman–Crippen MR) is 112 cm³/mol. The van der Waals surface area contributed by atoms with E-state index in [1.165, 1.54) is 4.90 Å². The number of halogens is 1. The van der Waals surface area contributed by atoms with Gasteiger partial charge in [0.05, 0.1) is 12.5 Å². The van der Waals surface area contributed by atoms with Crippen LogP contribution in [0.3, 0.4) is 0 Å². The van der Waals surface area contributed by atoms with E-state index >= 15 is 0 Å². The summed E-state index contributed by atoms with van der Waals surface area (Å²) in [5, 5.41) is 3.03. The summed E-state index contributed by atoms with van der Waals surface area (Å²) in [4.78, 5) is 75.4. The van der Waals surface area contributed by atoms with Crippen LogP contribution in [0, 0.1) is 0 Å². The average Bonchev–Trinajstić information content (AvgIpc) is 3.08. The molecule has 1 aliphatic rings. The molecule has 11 nitrogen and oxygen atoms in total. The summed E-state index contributed by atoms with van der Waals surface area (Å²) >= 11 is 5.38. The van der Waals surface area contributed by atoms with Gasteiger partial charge in [0.2, 0.25) is 5.91 Å². The zero-order valence-electron chi connectivity index (χ0n) is 18.2. The van der Waals surface area contributed by atoms with Crippen LogP contribution in [0.25, 0.3) is 0 Å². The van der Waals surface area contributed by atoms with Crippen molar-refractivity contribution in [1.82, 2.24) is 15.3 Å². The van der Waals surface area contributed by atoms with Crippen LogP contribution in [0.15, 0.2) is 0 Å². The first-order valence-corrected chi connectivity index (χ1v) is 11.1. The quantitative estimate of drug-likeness (QED) is 0.212. The van der Waals surface area contributed by atoms with E-state index in [1.54, 1.807) is 7.05 Å². The molecule has 0 unspecified atom stereocenters. The Bertz CT molecular complexity index is 684. The molecule has 180 valence electrons. The van der Waals surface area contributed by atoms with E-state index in [-0.39, 0.29) is 49.9 Å². The third-order valence-corrected chi connectivity index (χ3v) is 4.87. The number of carbonyl (C=O) groups is 6. The molecule has 0 aromatic rings. The van der Waals surface area contributed by atoms with Gasteiger partial charge in [-0.1, -0.05) is 0 Å². The molecule has 32 heavy (non-hydrogen) atoms. The van der Waals surface area contributed by atoms with Gasteiger partial charge in [0.1, 0.15) is 5.78 Å².